The Kier molecular flexibility index (Phi) is 15.1. The quantitative estimate of drug-likeness (QED) is 0.0452. The highest BCUT2D eigenvalue weighted by molar-refractivity contribution is 7.88. The van der Waals surface area contributed by atoms with E-state index in [9.17, 15) is 51.4 Å². The molecular formula is C57H48BF3N4O15S3. The van der Waals surface area contributed by atoms with Crippen LogP contribution in [0, 0.1) is 20.2 Å². The maximum Gasteiger partial charge on any atom is 0.534 e. The van der Waals surface area contributed by atoms with Crippen LogP contribution in [-0.4, -0.2) is 94.7 Å². The molecule has 6 aromatic carbocycles. The maximum atomic E-state index is 13.0. The molecule has 0 spiro atoms. The first-order chi connectivity index (χ1) is 39.5. The fourth-order valence-electron chi connectivity index (χ4n) is 9.94. The number of nitro benzene ring substituents is 2. The second kappa shape index (κ2) is 22.0. The van der Waals surface area contributed by atoms with Gasteiger partial charge >= 0.3 is 22.7 Å². The van der Waals surface area contributed by atoms with Crippen LogP contribution in [0.25, 0.3) is 73.4 Å². The third kappa shape index (κ3) is 10.7. The summed E-state index contributed by atoms with van der Waals surface area (Å²) in [5.41, 5.74) is -4.46. The average molecular weight is 1190 g/mol. The Bertz CT molecular complexity index is 4440. The predicted octanol–water partition coefficient (Wildman–Crippen LogP) is 11.7. The van der Waals surface area contributed by atoms with Crippen LogP contribution in [0.3, 0.4) is 0 Å². The zero-order valence-corrected chi connectivity index (χ0v) is 47.0. The number of thiophene rings is 2. The smallest absolute Gasteiger partial charge is 0.440 e. The number of rotatable bonds is 8. The number of nitrogens with zero attached hydrogens (tertiary/aromatic N) is 4. The first kappa shape index (κ1) is 56.9. The molecule has 3 aliphatic heterocycles. The summed E-state index contributed by atoms with van der Waals surface area (Å²) >= 11 is 3.05. The Hall–Kier alpha value is -7.98. The standard InChI is InChI=1S/C25H18N2O5S.C18H18BNO4S.C14H12F3NO6S/c28-20-14-22(26-10-12-31-13-11-26)32-24-15(5-3-6-17(20)24)16-8-9-19(27(29)30)23-18-4-1-2-7-21(18)33-25(16)23;1-17(2)18(3,4)24-19(23-17)12-9-10-13(20(21)22)15-11-7-5-6-8-14(11)25-16(12)15;15-14(16,17)25(20,21)24-11-3-1-2-9-10(19)8-12(23-13(9)11)18-4-6-22-7-5-18/h1-9,14H,10-13H2;5-10H,1-4H3;1-3,8H,4-7H2. The number of hydrogen-bond acceptors (Lipinski definition) is 19. The van der Waals surface area contributed by atoms with Gasteiger partial charge in [-0.3, -0.25) is 29.8 Å². The van der Waals surface area contributed by atoms with Gasteiger partial charge in [-0.15, -0.1) is 22.7 Å². The number of alkyl halides is 3. The Morgan fingerprint density at radius 1 is 0.590 bits per heavy atom. The first-order valence-electron chi connectivity index (χ1n) is 25.8. The number of nitro groups is 2. The summed E-state index contributed by atoms with van der Waals surface area (Å²) in [5.74, 6) is -0.0963. The zero-order chi connectivity index (χ0) is 58.8. The van der Waals surface area contributed by atoms with Crippen LogP contribution in [0.1, 0.15) is 27.7 Å². The lowest BCUT2D eigenvalue weighted by Crippen LogP contribution is -2.41. The van der Waals surface area contributed by atoms with Crippen molar-refractivity contribution in [2.24, 2.45) is 0 Å². The molecule has 0 saturated carbocycles. The first-order valence-corrected chi connectivity index (χ1v) is 28.9. The lowest BCUT2D eigenvalue weighted by Gasteiger charge is -2.32. The van der Waals surface area contributed by atoms with Gasteiger partial charge in [0.05, 0.1) is 73.7 Å². The van der Waals surface area contributed by atoms with Gasteiger partial charge in [-0.25, -0.2) is 0 Å². The van der Waals surface area contributed by atoms with E-state index in [1.165, 1.54) is 35.6 Å². The van der Waals surface area contributed by atoms with Crippen molar-refractivity contribution >= 4 is 131 Å². The fraction of sp³-hybridized carbons (Fsp3) is 0.263. The molecule has 428 valence electrons. The van der Waals surface area contributed by atoms with Gasteiger partial charge in [0.2, 0.25) is 0 Å². The molecule has 0 bridgehead atoms. The lowest BCUT2D eigenvalue weighted by molar-refractivity contribution is -0.383. The molecule has 3 aliphatic rings. The molecular weight excluding hydrogens is 1140 g/mol. The van der Waals surface area contributed by atoms with Gasteiger partial charge in [-0.05, 0) is 64.1 Å². The molecule has 19 nitrogen and oxygen atoms in total. The van der Waals surface area contributed by atoms with Gasteiger partial charge in [-0.2, -0.15) is 21.6 Å². The predicted molar refractivity (Wildman–Crippen MR) is 313 cm³/mol. The third-order valence-electron chi connectivity index (χ3n) is 14.8. The highest BCUT2D eigenvalue weighted by Gasteiger charge is 2.53. The van der Waals surface area contributed by atoms with Gasteiger partial charge in [-0.1, -0.05) is 60.7 Å². The summed E-state index contributed by atoms with van der Waals surface area (Å²) in [5, 5.41) is 26.8. The molecule has 26 heteroatoms. The third-order valence-corrected chi connectivity index (χ3v) is 18.2. The van der Waals surface area contributed by atoms with E-state index in [0.29, 0.717) is 80.2 Å². The van der Waals surface area contributed by atoms with Crippen LogP contribution >= 0.6 is 22.7 Å². The molecule has 0 atom stereocenters. The number of non-ortho nitro benzene ring substituents is 2. The summed E-state index contributed by atoms with van der Waals surface area (Å²) in [6, 6.07) is 33.7. The second-order valence-corrected chi connectivity index (χ2v) is 24.1. The highest BCUT2D eigenvalue weighted by Crippen LogP contribution is 2.46. The number of para-hydroxylation sites is 2. The van der Waals surface area contributed by atoms with E-state index < -0.39 is 45.1 Å². The molecule has 0 radical (unpaired) electrons. The number of fused-ring (bicyclic) bond motifs is 8. The van der Waals surface area contributed by atoms with Crippen molar-refractivity contribution in [1.82, 2.24) is 0 Å². The summed E-state index contributed by atoms with van der Waals surface area (Å²) in [4.78, 5) is 51.5. The number of halogens is 3. The number of anilines is 2. The summed E-state index contributed by atoms with van der Waals surface area (Å²) in [6.45, 7) is 12.1. The molecule has 0 amide bonds. The number of benzene rings is 6. The molecule has 10 aromatic rings. The van der Waals surface area contributed by atoms with E-state index in [0.717, 1.165) is 52.2 Å². The normalized spacial score (nSPS) is 16.3. The monoisotopic (exact) mass is 1190 g/mol. The minimum absolute atomic E-state index is 0.0712. The second-order valence-electron chi connectivity index (χ2n) is 20.4. The van der Waals surface area contributed by atoms with Gasteiger partial charge in [0, 0.05) is 91.9 Å². The van der Waals surface area contributed by atoms with E-state index in [4.69, 9.17) is 27.6 Å². The average Bonchev–Trinajstić information content (AvgIpc) is 2.80. The number of morpholine rings is 2. The molecule has 7 heterocycles. The Morgan fingerprint density at radius 2 is 1.05 bits per heavy atom. The lowest BCUT2D eigenvalue weighted by atomic mass is 9.78. The van der Waals surface area contributed by atoms with Crippen LogP contribution in [0.2, 0.25) is 0 Å². The van der Waals surface area contributed by atoms with Gasteiger partial charge in [0.25, 0.3) is 11.4 Å². The van der Waals surface area contributed by atoms with Crippen molar-refractivity contribution < 1.29 is 63.2 Å². The molecule has 0 aliphatic carbocycles. The molecule has 13 rings (SSSR count). The zero-order valence-electron chi connectivity index (χ0n) is 44.6. The Morgan fingerprint density at radius 3 is 1.58 bits per heavy atom. The van der Waals surface area contributed by atoms with Crippen LogP contribution in [0.4, 0.5) is 36.3 Å². The van der Waals surface area contributed by atoms with E-state index >= 15 is 0 Å². The Balaban J connectivity index is 0.000000132. The topological polar surface area (TPSA) is 233 Å². The minimum atomic E-state index is -5.89. The largest absolute Gasteiger partial charge is 0.534 e. The van der Waals surface area contributed by atoms with Crippen molar-refractivity contribution in [3.05, 3.63) is 162 Å². The van der Waals surface area contributed by atoms with Crippen LogP contribution in [0.15, 0.2) is 140 Å². The maximum absolute atomic E-state index is 13.0. The molecule has 83 heavy (non-hydrogen) atoms. The van der Waals surface area contributed by atoms with Crippen molar-refractivity contribution in [3.63, 3.8) is 0 Å². The number of hydrogen-bond donors (Lipinski definition) is 0. The van der Waals surface area contributed by atoms with E-state index in [2.05, 4.69) is 4.18 Å². The van der Waals surface area contributed by atoms with Crippen LogP contribution < -0.4 is 30.3 Å². The van der Waals surface area contributed by atoms with E-state index in [1.54, 1.807) is 46.6 Å². The van der Waals surface area contributed by atoms with Crippen molar-refractivity contribution in [2.75, 3.05) is 62.4 Å². The summed E-state index contributed by atoms with van der Waals surface area (Å²) in [7, 11) is -6.43. The molecule has 4 aromatic heterocycles. The fourth-order valence-corrected chi connectivity index (χ4v) is 12.9. The molecule has 0 unspecified atom stereocenters. The van der Waals surface area contributed by atoms with Gasteiger partial charge in [0.15, 0.2) is 34.0 Å². The highest BCUT2D eigenvalue weighted by atomic mass is 32.2. The summed E-state index contributed by atoms with van der Waals surface area (Å²) in [6.07, 6.45) is 0. The van der Waals surface area contributed by atoms with Crippen molar-refractivity contribution in [1.29, 1.82) is 0 Å². The van der Waals surface area contributed by atoms with Crippen molar-refractivity contribution in [2.45, 2.75) is 44.4 Å². The SMILES string of the molecule is CC1(C)OB(c2ccc([N+](=O)[O-])c3c2sc2ccccc23)OC1(C)C.O=c1cc(N2CCOCC2)oc2c(-c3ccc([N+](=O)[O-])c4c3sc3ccccc34)cccc12.O=c1cc(N2CCOCC2)oc2c(OS(=O)(=O)C(F)(F)F)cccc12. The van der Waals surface area contributed by atoms with Crippen molar-refractivity contribution in [3.8, 4) is 16.9 Å². The number of ether oxygens (including phenoxy) is 2. The van der Waals surface area contributed by atoms with Crippen LogP contribution in [-0.2, 0) is 28.9 Å². The van der Waals surface area contributed by atoms with E-state index in [-0.39, 0.29) is 43.5 Å². The molecule has 3 fully saturated rings. The Labute approximate surface area is 477 Å². The van der Waals surface area contributed by atoms with Gasteiger partial charge < -0.3 is 41.6 Å². The molecule has 3 saturated heterocycles. The minimum Gasteiger partial charge on any atom is -0.440 e. The van der Waals surface area contributed by atoms with E-state index in [1.807, 2.05) is 93.3 Å². The van der Waals surface area contributed by atoms with Gasteiger partial charge in [0.1, 0.15) is 5.58 Å². The molecule has 0 N–H and O–H groups in total. The van der Waals surface area contributed by atoms with Crippen LogP contribution in [0.5, 0.6) is 5.75 Å². The summed E-state index contributed by atoms with van der Waals surface area (Å²) < 4.78 is 103.